The van der Waals surface area contributed by atoms with Gasteiger partial charge in [0.2, 0.25) is 11.8 Å². The molecule has 1 N–H and O–H groups in total. The van der Waals surface area contributed by atoms with Crippen LogP contribution in [0.5, 0.6) is 0 Å². The SMILES string of the molecule is COC(=O)CC(NC(=O)[C@]12C[C@@H]1CN(C(=O)Cc1ccc(Cl)s1)C2)c1cncc(Br)c1. The summed E-state index contributed by atoms with van der Waals surface area (Å²) in [6.07, 6.45) is 4.29. The molecular formula is C21H21BrClN3O4S. The zero-order valence-electron chi connectivity index (χ0n) is 16.8. The first-order chi connectivity index (χ1) is 14.8. The first-order valence-corrected chi connectivity index (χ1v) is 11.8. The van der Waals surface area contributed by atoms with Gasteiger partial charge in [0.1, 0.15) is 0 Å². The van der Waals surface area contributed by atoms with Gasteiger partial charge in [-0.2, -0.15) is 0 Å². The number of thiophene rings is 1. The maximum Gasteiger partial charge on any atom is 0.307 e. The van der Waals surface area contributed by atoms with Crippen LogP contribution in [0.25, 0.3) is 0 Å². The number of hydrogen-bond donors (Lipinski definition) is 1. The third-order valence-corrected chi connectivity index (χ3v) is 7.60. The van der Waals surface area contributed by atoms with Crippen LogP contribution in [-0.2, 0) is 25.5 Å². The quantitative estimate of drug-likeness (QED) is 0.559. The number of nitrogens with one attached hydrogen (secondary N) is 1. The number of carbonyl (C=O) groups is 3. The number of rotatable bonds is 7. The zero-order valence-corrected chi connectivity index (χ0v) is 19.9. The predicted octanol–water partition coefficient (Wildman–Crippen LogP) is 3.37. The Bertz CT molecular complexity index is 1030. The normalized spacial score (nSPS) is 22.5. The molecule has 0 bridgehead atoms. The van der Waals surface area contributed by atoms with Crippen LogP contribution in [-0.4, -0.2) is 47.9 Å². The molecule has 1 aliphatic heterocycles. The highest BCUT2D eigenvalue weighted by Crippen LogP contribution is 2.58. The zero-order chi connectivity index (χ0) is 22.2. The molecule has 1 saturated carbocycles. The second-order valence-corrected chi connectivity index (χ2v) is 10.7. The van der Waals surface area contributed by atoms with Gasteiger partial charge in [-0.15, -0.1) is 11.3 Å². The van der Waals surface area contributed by atoms with Gasteiger partial charge in [0, 0.05) is 34.8 Å². The largest absolute Gasteiger partial charge is 0.469 e. The number of halogens is 2. The standard InChI is InChI=1S/C21H21BrClN3O4S/c1-30-19(28)6-16(12-4-14(22)9-24-8-12)25-20(29)21-7-13(21)10-26(11-21)18(27)5-15-2-3-17(23)31-15/h2-4,8-9,13,16H,5-7,10-11H2,1H3,(H,25,29)/t13-,16?,21+/m1/s1. The average molecular weight is 527 g/mol. The molecule has 4 rings (SSSR count). The van der Waals surface area contributed by atoms with E-state index in [0.717, 1.165) is 15.8 Å². The number of fused-ring (bicyclic) bond motifs is 1. The van der Waals surface area contributed by atoms with Crippen molar-refractivity contribution in [3.05, 3.63) is 49.8 Å². The van der Waals surface area contributed by atoms with Crippen molar-refractivity contribution in [2.75, 3.05) is 20.2 Å². The van der Waals surface area contributed by atoms with E-state index in [0.29, 0.717) is 23.0 Å². The molecule has 164 valence electrons. The number of aromatic nitrogens is 1. The first kappa shape index (κ1) is 22.2. The van der Waals surface area contributed by atoms with Gasteiger partial charge in [0.05, 0.1) is 35.7 Å². The summed E-state index contributed by atoms with van der Waals surface area (Å²) in [6, 6.07) is 4.90. The van der Waals surface area contributed by atoms with Crippen LogP contribution in [0.3, 0.4) is 0 Å². The van der Waals surface area contributed by atoms with Gasteiger partial charge in [0.25, 0.3) is 0 Å². The highest BCUT2D eigenvalue weighted by Gasteiger charge is 2.65. The highest BCUT2D eigenvalue weighted by atomic mass is 79.9. The molecule has 2 aliphatic rings. The van der Waals surface area contributed by atoms with E-state index in [1.54, 1.807) is 23.4 Å². The number of likely N-dealkylation sites (tertiary alicyclic amines) is 1. The van der Waals surface area contributed by atoms with Crippen molar-refractivity contribution < 1.29 is 19.1 Å². The van der Waals surface area contributed by atoms with E-state index in [1.165, 1.54) is 18.4 Å². The van der Waals surface area contributed by atoms with Crippen LogP contribution >= 0.6 is 38.9 Å². The van der Waals surface area contributed by atoms with Crippen molar-refractivity contribution in [2.45, 2.75) is 25.3 Å². The van der Waals surface area contributed by atoms with Gasteiger partial charge < -0.3 is 15.0 Å². The van der Waals surface area contributed by atoms with Gasteiger partial charge in [0.15, 0.2) is 0 Å². The Morgan fingerprint density at radius 2 is 2.23 bits per heavy atom. The molecule has 10 heteroatoms. The molecule has 3 atom stereocenters. The molecule has 7 nitrogen and oxygen atoms in total. The molecule has 1 aliphatic carbocycles. The molecule has 2 aromatic heterocycles. The summed E-state index contributed by atoms with van der Waals surface area (Å²) in [5.41, 5.74) is 0.124. The number of methoxy groups -OCH3 is 1. The number of ether oxygens (including phenoxy) is 1. The summed E-state index contributed by atoms with van der Waals surface area (Å²) in [5, 5.41) is 3.01. The monoisotopic (exact) mass is 525 g/mol. The second-order valence-electron chi connectivity index (χ2n) is 7.96. The minimum absolute atomic E-state index is 0.000178. The predicted molar refractivity (Wildman–Crippen MR) is 120 cm³/mol. The molecule has 2 aromatic rings. The van der Waals surface area contributed by atoms with Gasteiger partial charge in [-0.1, -0.05) is 11.6 Å². The maximum atomic E-state index is 13.2. The number of pyridine rings is 1. The molecule has 3 heterocycles. The van der Waals surface area contributed by atoms with Gasteiger partial charge in [-0.3, -0.25) is 19.4 Å². The van der Waals surface area contributed by atoms with E-state index in [2.05, 4.69) is 26.2 Å². The van der Waals surface area contributed by atoms with Crippen LogP contribution in [0, 0.1) is 11.3 Å². The third kappa shape index (κ3) is 4.78. The average Bonchev–Trinajstić information content (AvgIpc) is 3.07. The highest BCUT2D eigenvalue weighted by molar-refractivity contribution is 9.10. The van der Waals surface area contributed by atoms with Crippen LogP contribution < -0.4 is 5.32 Å². The Hall–Kier alpha value is -1.97. The Morgan fingerprint density at radius 1 is 1.42 bits per heavy atom. The number of piperidine rings is 1. The number of carbonyl (C=O) groups excluding carboxylic acids is 3. The molecule has 31 heavy (non-hydrogen) atoms. The van der Waals surface area contributed by atoms with E-state index < -0.39 is 17.4 Å². The van der Waals surface area contributed by atoms with E-state index in [1.807, 2.05) is 12.1 Å². The van der Waals surface area contributed by atoms with E-state index in [-0.39, 0.29) is 30.6 Å². The number of hydrogen-bond acceptors (Lipinski definition) is 6. The van der Waals surface area contributed by atoms with Crippen molar-refractivity contribution in [1.82, 2.24) is 15.2 Å². The number of nitrogens with zero attached hydrogens (tertiary/aromatic N) is 2. The lowest BCUT2D eigenvalue weighted by molar-refractivity contribution is -0.141. The lowest BCUT2D eigenvalue weighted by Crippen LogP contribution is -2.41. The topological polar surface area (TPSA) is 88.6 Å². The third-order valence-electron chi connectivity index (χ3n) is 5.94. The molecule has 1 saturated heterocycles. The summed E-state index contributed by atoms with van der Waals surface area (Å²) < 4.78 is 6.21. The van der Waals surface area contributed by atoms with Crippen molar-refractivity contribution in [2.24, 2.45) is 11.3 Å². The molecule has 0 radical (unpaired) electrons. The lowest BCUT2D eigenvalue weighted by Gasteiger charge is -2.23. The molecule has 2 fully saturated rings. The van der Waals surface area contributed by atoms with Gasteiger partial charge in [-0.25, -0.2) is 0 Å². The van der Waals surface area contributed by atoms with Crippen LogP contribution in [0.2, 0.25) is 4.34 Å². The smallest absolute Gasteiger partial charge is 0.307 e. The second kappa shape index (κ2) is 8.88. The number of amides is 2. The summed E-state index contributed by atoms with van der Waals surface area (Å²) in [5.74, 6) is -0.420. The van der Waals surface area contributed by atoms with E-state index in [4.69, 9.17) is 16.3 Å². The van der Waals surface area contributed by atoms with E-state index >= 15 is 0 Å². The minimum atomic E-state index is -0.587. The summed E-state index contributed by atoms with van der Waals surface area (Å²) >= 11 is 10.7. The van der Waals surface area contributed by atoms with Crippen LogP contribution in [0.4, 0.5) is 0 Å². The van der Waals surface area contributed by atoms with Gasteiger partial charge in [-0.05, 0) is 52.0 Å². The molecule has 0 spiro atoms. The van der Waals surface area contributed by atoms with Crippen molar-refractivity contribution >= 4 is 56.7 Å². The fourth-order valence-corrected chi connectivity index (χ4v) is 5.62. The summed E-state index contributed by atoms with van der Waals surface area (Å²) in [7, 11) is 1.32. The van der Waals surface area contributed by atoms with Crippen molar-refractivity contribution in [3.8, 4) is 0 Å². The van der Waals surface area contributed by atoms with Crippen molar-refractivity contribution in [1.29, 1.82) is 0 Å². The van der Waals surface area contributed by atoms with Crippen LogP contribution in [0.15, 0.2) is 35.1 Å². The molecule has 2 amide bonds. The van der Waals surface area contributed by atoms with E-state index in [9.17, 15) is 14.4 Å². The maximum absolute atomic E-state index is 13.2. The molecule has 1 unspecified atom stereocenters. The Labute approximate surface area is 197 Å². The lowest BCUT2D eigenvalue weighted by atomic mass is 10.0. The summed E-state index contributed by atoms with van der Waals surface area (Å²) in [4.78, 5) is 44.7. The Balaban J connectivity index is 1.43. The first-order valence-electron chi connectivity index (χ1n) is 9.81. The van der Waals surface area contributed by atoms with Crippen LogP contribution in [0.1, 0.15) is 29.3 Å². The molecule has 0 aromatic carbocycles. The molecular weight excluding hydrogens is 506 g/mol. The summed E-state index contributed by atoms with van der Waals surface area (Å²) in [6.45, 7) is 0.967. The minimum Gasteiger partial charge on any atom is -0.469 e. The van der Waals surface area contributed by atoms with Crippen molar-refractivity contribution in [3.63, 3.8) is 0 Å². The Morgan fingerprint density at radius 3 is 2.90 bits per heavy atom. The Kier molecular flexibility index (Phi) is 6.37. The van der Waals surface area contributed by atoms with Gasteiger partial charge >= 0.3 is 5.97 Å². The fourth-order valence-electron chi connectivity index (χ4n) is 4.16. The fraction of sp³-hybridized carbons (Fsp3) is 0.429. The number of esters is 1.